The second-order valence-corrected chi connectivity index (χ2v) is 5.81. The molecule has 0 bridgehead atoms. The SMILES string of the molecule is CCOC(=O)c1cc(-c2ccccc2)n(CC(=O)c2ccc(OC)cc2)n1. The van der Waals surface area contributed by atoms with Crippen LogP contribution >= 0.6 is 0 Å². The number of aromatic nitrogens is 2. The zero-order chi connectivity index (χ0) is 19.2. The third-order valence-corrected chi connectivity index (χ3v) is 4.04. The van der Waals surface area contributed by atoms with Gasteiger partial charge in [0.1, 0.15) is 12.3 Å². The number of nitrogens with zero attached hydrogens (tertiary/aromatic N) is 2. The van der Waals surface area contributed by atoms with Crippen molar-refractivity contribution in [2.24, 2.45) is 0 Å². The van der Waals surface area contributed by atoms with E-state index >= 15 is 0 Å². The maximum atomic E-state index is 12.7. The van der Waals surface area contributed by atoms with Crippen LogP contribution in [0.5, 0.6) is 5.75 Å². The summed E-state index contributed by atoms with van der Waals surface area (Å²) < 4.78 is 11.7. The quantitative estimate of drug-likeness (QED) is 0.473. The van der Waals surface area contributed by atoms with E-state index in [9.17, 15) is 9.59 Å². The molecule has 0 aliphatic rings. The van der Waals surface area contributed by atoms with Gasteiger partial charge in [-0.15, -0.1) is 0 Å². The number of ether oxygens (including phenoxy) is 2. The van der Waals surface area contributed by atoms with Gasteiger partial charge in [-0.3, -0.25) is 9.48 Å². The predicted octanol–water partition coefficient (Wildman–Crippen LogP) is 3.62. The van der Waals surface area contributed by atoms with Crippen LogP contribution in [0.3, 0.4) is 0 Å². The highest BCUT2D eigenvalue weighted by molar-refractivity contribution is 5.96. The van der Waals surface area contributed by atoms with Gasteiger partial charge in [-0.1, -0.05) is 30.3 Å². The maximum absolute atomic E-state index is 12.7. The second-order valence-electron chi connectivity index (χ2n) is 5.81. The van der Waals surface area contributed by atoms with Crippen molar-refractivity contribution in [1.29, 1.82) is 0 Å². The Balaban J connectivity index is 1.92. The summed E-state index contributed by atoms with van der Waals surface area (Å²) in [7, 11) is 1.57. The van der Waals surface area contributed by atoms with Gasteiger partial charge in [0.25, 0.3) is 0 Å². The van der Waals surface area contributed by atoms with Gasteiger partial charge in [-0.2, -0.15) is 5.10 Å². The molecule has 0 spiro atoms. The van der Waals surface area contributed by atoms with Crippen molar-refractivity contribution in [2.45, 2.75) is 13.5 Å². The smallest absolute Gasteiger partial charge is 0.358 e. The molecule has 0 aliphatic carbocycles. The van der Waals surface area contributed by atoms with Crippen LogP contribution < -0.4 is 4.74 Å². The predicted molar refractivity (Wildman–Crippen MR) is 101 cm³/mol. The molecule has 0 amide bonds. The normalized spacial score (nSPS) is 10.4. The molecule has 3 aromatic rings. The van der Waals surface area contributed by atoms with Crippen LogP contribution in [0.2, 0.25) is 0 Å². The Morgan fingerprint density at radius 2 is 1.74 bits per heavy atom. The number of rotatable bonds is 7. The van der Waals surface area contributed by atoms with Gasteiger partial charge in [0.15, 0.2) is 11.5 Å². The van der Waals surface area contributed by atoms with Crippen LogP contribution in [0, 0.1) is 0 Å². The number of Topliss-reactive ketones (excluding diaryl/α,β-unsaturated/α-hetero) is 1. The highest BCUT2D eigenvalue weighted by atomic mass is 16.5. The molecular weight excluding hydrogens is 344 g/mol. The molecule has 0 aliphatic heterocycles. The molecule has 0 N–H and O–H groups in total. The Labute approximate surface area is 157 Å². The molecule has 2 aromatic carbocycles. The number of methoxy groups -OCH3 is 1. The molecule has 1 aromatic heterocycles. The van der Waals surface area contributed by atoms with Gasteiger partial charge in [0, 0.05) is 5.56 Å². The van der Waals surface area contributed by atoms with E-state index in [1.54, 1.807) is 44.4 Å². The van der Waals surface area contributed by atoms with Gasteiger partial charge in [0.2, 0.25) is 0 Å². The van der Waals surface area contributed by atoms with Crippen LogP contribution in [-0.2, 0) is 11.3 Å². The number of hydrogen-bond donors (Lipinski definition) is 0. The molecule has 0 saturated heterocycles. The van der Waals surface area contributed by atoms with Crippen molar-refractivity contribution in [3.8, 4) is 17.0 Å². The van der Waals surface area contributed by atoms with Crippen LogP contribution in [0.25, 0.3) is 11.3 Å². The maximum Gasteiger partial charge on any atom is 0.358 e. The van der Waals surface area contributed by atoms with E-state index in [4.69, 9.17) is 9.47 Å². The second kappa shape index (κ2) is 8.31. The Morgan fingerprint density at radius 3 is 2.37 bits per heavy atom. The summed E-state index contributed by atoms with van der Waals surface area (Å²) in [5.74, 6) is 0.0545. The van der Waals surface area contributed by atoms with Crippen molar-refractivity contribution in [3.05, 3.63) is 71.9 Å². The van der Waals surface area contributed by atoms with Crippen molar-refractivity contribution in [1.82, 2.24) is 9.78 Å². The standard InChI is InChI=1S/C21H20N2O4/c1-3-27-21(25)18-13-19(15-7-5-4-6-8-15)23(22-18)14-20(24)16-9-11-17(26-2)12-10-16/h4-13H,3,14H2,1-2H3. The Bertz CT molecular complexity index is 931. The van der Waals surface area contributed by atoms with E-state index in [1.807, 2.05) is 30.3 Å². The average Bonchev–Trinajstić information content (AvgIpc) is 3.13. The van der Waals surface area contributed by atoms with Crippen molar-refractivity contribution >= 4 is 11.8 Å². The summed E-state index contributed by atoms with van der Waals surface area (Å²) >= 11 is 0. The van der Waals surface area contributed by atoms with Crippen LogP contribution in [-0.4, -0.2) is 35.2 Å². The number of hydrogen-bond acceptors (Lipinski definition) is 5. The highest BCUT2D eigenvalue weighted by Gasteiger charge is 2.18. The minimum atomic E-state index is -0.509. The summed E-state index contributed by atoms with van der Waals surface area (Å²) in [5.41, 5.74) is 2.27. The number of benzene rings is 2. The van der Waals surface area contributed by atoms with E-state index < -0.39 is 5.97 Å². The largest absolute Gasteiger partial charge is 0.497 e. The van der Waals surface area contributed by atoms with Gasteiger partial charge in [-0.25, -0.2) is 4.79 Å². The lowest BCUT2D eigenvalue weighted by molar-refractivity contribution is 0.0517. The van der Waals surface area contributed by atoms with E-state index in [0.29, 0.717) is 17.0 Å². The number of ketones is 1. The fraction of sp³-hybridized carbons (Fsp3) is 0.190. The lowest BCUT2D eigenvalue weighted by atomic mass is 10.1. The zero-order valence-corrected chi connectivity index (χ0v) is 15.2. The molecule has 27 heavy (non-hydrogen) atoms. The van der Waals surface area contributed by atoms with Crippen LogP contribution in [0.4, 0.5) is 0 Å². The van der Waals surface area contributed by atoms with Gasteiger partial charge in [-0.05, 0) is 42.8 Å². The Kier molecular flexibility index (Phi) is 5.66. The fourth-order valence-corrected chi connectivity index (χ4v) is 2.69. The average molecular weight is 364 g/mol. The summed E-state index contributed by atoms with van der Waals surface area (Å²) in [4.78, 5) is 24.8. The van der Waals surface area contributed by atoms with Gasteiger partial charge >= 0.3 is 5.97 Å². The molecule has 0 fully saturated rings. The van der Waals surface area contributed by atoms with Gasteiger partial charge in [0.05, 0.1) is 19.4 Å². The van der Waals surface area contributed by atoms with Crippen molar-refractivity contribution < 1.29 is 19.1 Å². The lowest BCUT2D eigenvalue weighted by Crippen LogP contribution is -2.14. The number of esters is 1. The van der Waals surface area contributed by atoms with Crippen molar-refractivity contribution in [2.75, 3.05) is 13.7 Å². The Hall–Kier alpha value is -3.41. The minimum absolute atomic E-state index is 0.00988. The van der Waals surface area contributed by atoms with E-state index in [2.05, 4.69) is 5.10 Å². The molecule has 6 heteroatoms. The molecule has 1 heterocycles. The summed E-state index contributed by atoms with van der Waals surface area (Å²) in [6, 6.07) is 18.0. The third-order valence-electron chi connectivity index (χ3n) is 4.04. The van der Waals surface area contributed by atoms with Crippen LogP contribution in [0.1, 0.15) is 27.8 Å². The molecule has 0 atom stereocenters. The van der Waals surface area contributed by atoms with E-state index in [0.717, 1.165) is 5.56 Å². The summed E-state index contributed by atoms with van der Waals surface area (Å²) in [5, 5.41) is 4.30. The first-order valence-corrected chi connectivity index (χ1v) is 8.60. The Morgan fingerprint density at radius 1 is 1.04 bits per heavy atom. The number of carbonyl (C=O) groups is 2. The fourth-order valence-electron chi connectivity index (χ4n) is 2.69. The van der Waals surface area contributed by atoms with Crippen LogP contribution in [0.15, 0.2) is 60.7 Å². The topological polar surface area (TPSA) is 70.4 Å². The molecule has 138 valence electrons. The minimum Gasteiger partial charge on any atom is -0.497 e. The third kappa shape index (κ3) is 4.23. The van der Waals surface area contributed by atoms with Gasteiger partial charge < -0.3 is 9.47 Å². The summed E-state index contributed by atoms with van der Waals surface area (Å²) in [6.07, 6.45) is 0. The first-order chi connectivity index (χ1) is 13.1. The zero-order valence-electron chi connectivity index (χ0n) is 15.2. The molecular formula is C21H20N2O4. The van der Waals surface area contributed by atoms with Crippen molar-refractivity contribution in [3.63, 3.8) is 0 Å². The molecule has 0 saturated carbocycles. The first kappa shape index (κ1) is 18.4. The first-order valence-electron chi connectivity index (χ1n) is 8.60. The van der Waals surface area contributed by atoms with E-state index in [1.165, 1.54) is 4.68 Å². The summed E-state index contributed by atoms with van der Waals surface area (Å²) in [6.45, 7) is 2.01. The number of carbonyl (C=O) groups excluding carboxylic acids is 2. The lowest BCUT2D eigenvalue weighted by Gasteiger charge is -2.07. The molecule has 6 nitrogen and oxygen atoms in total. The molecule has 3 rings (SSSR count). The molecule has 0 radical (unpaired) electrons. The van der Waals surface area contributed by atoms with E-state index in [-0.39, 0.29) is 24.6 Å². The highest BCUT2D eigenvalue weighted by Crippen LogP contribution is 2.22. The molecule has 0 unspecified atom stereocenters. The monoisotopic (exact) mass is 364 g/mol.